The number of hydrogen-bond donors (Lipinski definition) is 2. The van der Waals surface area contributed by atoms with E-state index in [1.54, 1.807) is 6.92 Å². The van der Waals surface area contributed by atoms with Gasteiger partial charge in [-0.3, -0.25) is 4.79 Å². The minimum absolute atomic E-state index is 0.0300. The molecule has 0 aliphatic heterocycles. The van der Waals surface area contributed by atoms with Crippen molar-refractivity contribution in [1.29, 1.82) is 0 Å². The van der Waals surface area contributed by atoms with Crippen LogP contribution in [0.4, 0.5) is 0 Å². The van der Waals surface area contributed by atoms with Crippen LogP contribution in [-0.2, 0) is 6.42 Å². The van der Waals surface area contributed by atoms with Gasteiger partial charge in [-0.25, -0.2) is 0 Å². The molecule has 0 aliphatic rings. The average Bonchev–Trinajstić information content (AvgIpc) is 2.65. The summed E-state index contributed by atoms with van der Waals surface area (Å²) in [6.07, 6.45) is 0.952. The number of aliphatic hydroxyl groups excluding tert-OH is 1. The smallest absolute Gasteiger partial charge is 0.261 e. The summed E-state index contributed by atoms with van der Waals surface area (Å²) in [6.45, 7) is 3.80. The molecule has 0 spiro atoms. The first-order chi connectivity index (χ1) is 6.67. The molecular weight excluding hydrogens is 198 g/mol. The zero-order valence-corrected chi connectivity index (χ0v) is 9.23. The molecule has 1 aromatic heterocycles. The van der Waals surface area contributed by atoms with Crippen molar-refractivity contribution in [1.82, 2.24) is 5.32 Å². The van der Waals surface area contributed by atoms with Crippen molar-refractivity contribution >= 4 is 17.2 Å². The molecular formula is C10H15NO2S. The zero-order chi connectivity index (χ0) is 10.6. The van der Waals surface area contributed by atoms with E-state index in [4.69, 9.17) is 5.11 Å². The van der Waals surface area contributed by atoms with Crippen molar-refractivity contribution in [3.05, 3.63) is 21.9 Å². The van der Waals surface area contributed by atoms with E-state index in [0.717, 1.165) is 6.42 Å². The van der Waals surface area contributed by atoms with E-state index < -0.39 is 0 Å². The molecule has 1 rings (SSSR count). The Balaban J connectivity index is 2.60. The average molecular weight is 213 g/mol. The van der Waals surface area contributed by atoms with Gasteiger partial charge in [-0.1, -0.05) is 6.92 Å². The number of carbonyl (C=O) groups excluding carboxylic acids is 1. The normalized spacial score (nSPS) is 12.5. The molecule has 0 radical (unpaired) electrons. The Morgan fingerprint density at radius 2 is 2.36 bits per heavy atom. The fraction of sp³-hybridized carbons (Fsp3) is 0.500. The number of nitrogens with one attached hydrogen (secondary N) is 1. The zero-order valence-electron chi connectivity index (χ0n) is 8.41. The van der Waals surface area contributed by atoms with E-state index in [1.807, 2.05) is 12.1 Å². The quantitative estimate of drug-likeness (QED) is 0.794. The first-order valence-corrected chi connectivity index (χ1v) is 5.49. The van der Waals surface area contributed by atoms with E-state index in [9.17, 15) is 4.79 Å². The first kappa shape index (κ1) is 11.2. The molecule has 2 N–H and O–H groups in total. The standard InChI is InChI=1S/C10H15NO2S/c1-3-8-4-5-9(14-8)10(13)11-7(2)6-12/h4-5,7,12H,3,6H2,1-2H3,(H,11,13)/t7-/m1/s1. The second-order valence-corrected chi connectivity index (χ2v) is 4.34. The largest absolute Gasteiger partial charge is 0.394 e. The highest BCUT2D eigenvalue weighted by molar-refractivity contribution is 7.14. The van der Waals surface area contributed by atoms with Crippen molar-refractivity contribution in [3.8, 4) is 0 Å². The van der Waals surface area contributed by atoms with Crippen LogP contribution in [-0.4, -0.2) is 23.7 Å². The number of carbonyl (C=O) groups is 1. The van der Waals surface area contributed by atoms with Gasteiger partial charge in [0.1, 0.15) is 0 Å². The van der Waals surface area contributed by atoms with E-state index in [-0.39, 0.29) is 18.6 Å². The van der Waals surface area contributed by atoms with E-state index in [1.165, 1.54) is 16.2 Å². The summed E-state index contributed by atoms with van der Waals surface area (Å²) in [5.41, 5.74) is 0. The molecule has 4 heteroatoms. The number of aliphatic hydroxyl groups is 1. The van der Waals surface area contributed by atoms with Crippen LogP contribution in [0.3, 0.4) is 0 Å². The minimum Gasteiger partial charge on any atom is -0.394 e. The summed E-state index contributed by atoms with van der Waals surface area (Å²) < 4.78 is 0. The Morgan fingerprint density at radius 1 is 1.64 bits per heavy atom. The van der Waals surface area contributed by atoms with Gasteiger partial charge in [0.2, 0.25) is 0 Å². The molecule has 78 valence electrons. The molecule has 1 heterocycles. The monoisotopic (exact) mass is 213 g/mol. The third kappa shape index (κ3) is 2.82. The number of aryl methyl sites for hydroxylation is 1. The molecule has 1 atom stereocenters. The van der Waals surface area contributed by atoms with E-state index >= 15 is 0 Å². The summed E-state index contributed by atoms with van der Waals surface area (Å²) in [7, 11) is 0. The highest BCUT2D eigenvalue weighted by Gasteiger charge is 2.10. The summed E-state index contributed by atoms with van der Waals surface area (Å²) in [4.78, 5) is 13.4. The Kier molecular flexibility index (Phi) is 4.10. The predicted molar refractivity (Wildman–Crippen MR) is 57.7 cm³/mol. The topological polar surface area (TPSA) is 49.3 Å². The number of hydrogen-bond acceptors (Lipinski definition) is 3. The molecule has 14 heavy (non-hydrogen) atoms. The summed E-state index contributed by atoms with van der Waals surface area (Å²) in [6, 6.07) is 3.60. The molecule has 0 saturated carbocycles. The molecule has 0 fully saturated rings. The highest BCUT2D eigenvalue weighted by Crippen LogP contribution is 2.16. The maximum absolute atomic E-state index is 11.5. The number of amides is 1. The molecule has 0 unspecified atom stereocenters. The number of rotatable bonds is 4. The van der Waals surface area contributed by atoms with Crippen LogP contribution in [0.15, 0.2) is 12.1 Å². The SMILES string of the molecule is CCc1ccc(C(=O)N[C@H](C)CO)s1. The van der Waals surface area contributed by atoms with Crippen LogP contribution >= 0.6 is 11.3 Å². The fourth-order valence-corrected chi connectivity index (χ4v) is 1.88. The van der Waals surface area contributed by atoms with Gasteiger partial charge in [0, 0.05) is 10.9 Å². The third-order valence-corrected chi connectivity index (χ3v) is 3.11. The van der Waals surface area contributed by atoms with Gasteiger partial charge in [-0.2, -0.15) is 0 Å². The first-order valence-electron chi connectivity index (χ1n) is 4.67. The van der Waals surface area contributed by atoms with Crippen molar-refractivity contribution in [2.45, 2.75) is 26.3 Å². The second-order valence-electron chi connectivity index (χ2n) is 3.18. The van der Waals surface area contributed by atoms with E-state index in [2.05, 4.69) is 12.2 Å². The lowest BCUT2D eigenvalue weighted by Crippen LogP contribution is -2.34. The minimum atomic E-state index is -0.185. The van der Waals surface area contributed by atoms with Crippen molar-refractivity contribution < 1.29 is 9.90 Å². The van der Waals surface area contributed by atoms with Crippen molar-refractivity contribution in [2.75, 3.05) is 6.61 Å². The van der Waals surface area contributed by atoms with Crippen LogP contribution in [0.1, 0.15) is 28.4 Å². The van der Waals surface area contributed by atoms with Gasteiger partial charge in [-0.05, 0) is 25.5 Å². The van der Waals surface area contributed by atoms with Gasteiger partial charge in [0.25, 0.3) is 5.91 Å². The highest BCUT2D eigenvalue weighted by atomic mass is 32.1. The van der Waals surface area contributed by atoms with Gasteiger partial charge >= 0.3 is 0 Å². The fourth-order valence-electron chi connectivity index (χ4n) is 1.03. The molecule has 0 bridgehead atoms. The molecule has 0 saturated heterocycles. The Bertz CT molecular complexity index is 309. The summed E-state index contributed by atoms with van der Waals surface area (Å²) in [5, 5.41) is 11.5. The van der Waals surface area contributed by atoms with E-state index in [0.29, 0.717) is 4.88 Å². The Labute approximate surface area is 87.8 Å². The maximum atomic E-state index is 11.5. The van der Waals surface area contributed by atoms with Gasteiger partial charge in [0.15, 0.2) is 0 Å². The maximum Gasteiger partial charge on any atom is 0.261 e. The van der Waals surface area contributed by atoms with Gasteiger partial charge in [0.05, 0.1) is 11.5 Å². The molecule has 1 amide bonds. The van der Waals surface area contributed by atoms with Crippen LogP contribution in [0.5, 0.6) is 0 Å². The Morgan fingerprint density at radius 3 is 2.86 bits per heavy atom. The summed E-state index contributed by atoms with van der Waals surface area (Å²) >= 11 is 1.50. The predicted octanol–water partition coefficient (Wildman–Crippen LogP) is 1.42. The van der Waals surface area contributed by atoms with Gasteiger partial charge in [-0.15, -0.1) is 11.3 Å². The van der Waals surface area contributed by atoms with Crippen LogP contribution in [0.2, 0.25) is 0 Å². The van der Waals surface area contributed by atoms with Gasteiger partial charge < -0.3 is 10.4 Å². The lowest BCUT2D eigenvalue weighted by molar-refractivity contribution is 0.0926. The Hall–Kier alpha value is -0.870. The molecule has 3 nitrogen and oxygen atoms in total. The van der Waals surface area contributed by atoms with Crippen molar-refractivity contribution in [3.63, 3.8) is 0 Å². The lowest BCUT2D eigenvalue weighted by atomic mass is 10.3. The molecule has 0 aliphatic carbocycles. The third-order valence-electron chi connectivity index (χ3n) is 1.89. The second kappa shape index (κ2) is 5.12. The van der Waals surface area contributed by atoms with Crippen LogP contribution in [0, 0.1) is 0 Å². The molecule has 0 aromatic carbocycles. The lowest BCUT2D eigenvalue weighted by Gasteiger charge is -2.08. The van der Waals surface area contributed by atoms with Crippen LogP contribution < -0.4 is 5.32 Å². The summed E-state index contributed by atoms with van der Waals surface area (Å²) in [5.74, 6) is -0.101. The molecule has 1 aromatic rings. The number of thiophene rings is 1. The van der Waals surface area contributed by atoms with Crippen molar-refractivity contribution in [2.24, 2.45) is 0 Å². The van der Waals surface area contributed by atoms with Crippen LogP contribution in [0.25, 0.3) is 0 Å².